The zero-order valence-electron chi connectivity index (χ0n) is 20.7. The molecule has 5 aromatic rings. The number of nitrogens with zero attached hydrogens (tertiary/aromatic N) is 4. The first-order valence-corrected chi connectivity index (χ1v) is 12.6. The summed E-state index contributed by atoms with van der Waals surface area (Å²) < 4.78 is 8.66. The van der Waals surface area contributed by atoms with Crippen molar-refractivity contribution >= 4 is 34.3 Å². The Kier molecular flexibility index (Phi) is 6.82. The Hall–Kier alpha value is -4.67. The molecular weight excluding hydrogens is 502 g/mol. The fraction of sp³-hybridized carbons (Fsp3) is 0.107. The minimum atomic E-state index is -0.753. The summed E-state index contributed by atoms with van der Waals surface area (Å²) in [5.74, 6) is 0.569. The van der Waals surface area contributed by atoms with Crippen molar-refractivity contribution in [1.29, 1.82) is 0 Å². The molecule has 0 unspecified atom stereocenters. The van der Waals surface area contributed by atoms with Gasteiger partial charge in [0.05, 0.1) is 25.5 Å². The topological polar surface area (TPSA) is 114 Å². The van der Waals surface area contributed by atoms with E-state index in [1.54, 1.807) is 68.4 Å². The van der Waals surface area contributed by atoms with E-state index in [0.29, 0.717) is 39.4 Å². The third kappa shape index (κ3) is 4.70. The third-order valence-electron chi connectivity index (χ3n) is 5.97. The van der Waals surface area contributed by atoms with E-state index in [1.807, 2.05) is 30.3 Å². The number of benzene rings is 2. The largest absolute Gasteiger partial charge is 0.518 e. The lowest BCUT2D eigenvalue weighted by Gasteiger charge is -2.17. The maximum absolute atomic E-state index is 13.1. The normalized spacial score (nSPS) is 10.9. The predicted octanol–water partition coefficient (Wildman–Crippen LogP) is 3.59. The molecule has 0 fully saturated rings. The Morgan fingerprint density at radius 2 is 1.95 bits per heavy atom. The van der Waals surface area contributed by atoms with Crippen LogP contribution in [0.5, 0.6) is 5.75 Å². The van der Waals surface area contributed by atoms with Crippen molar-refractivity contribution in [3.8, 4) is 16.3 Å². The van der Waals surface area contributed by atoms with Crippen LogP contribution in [0, 0.1) is 6.10 Å². The number of carbonyl (C=O) groups excluding carboxylic acids is 2. The van der Waals surface area contributed by atoms with E-state index < -0.39 is 6.03 Å². The van der Waals surface area contributed by atoms with Crippen LogP contribution in [-0.2, 0) is 6.61 Å². The van der Waals surface area contributed by atoms with Gasteiger partial charge in [-0.3, -0.25) is 20.2 Å². The Morgan fingerprint density at radius 3 is 2.63 bits per heavy atom. The molecule has 0 aliphatic carbocycles. The van der Waals surface area contributed by atoms with E-state index in [9.17, 15) is 14.7 Å². The molecule has 3 heterocycles. The number of primary amides is 1. The van der Waals surface area contributed by atoms with Gasteiger partial charge >= 0.3 is 17.1 Å². The minimum Gasteiger partial charge on any atom is -0.518 e. The molecule has 9 nitrogen and oxygen atoms in total. The quantitative estimate of drug-likeness (QED) is 0.199. The van der Waals surface area contributed by atoms with Crippen LogP contribution in [0.4, 0.5) is 9.59 Å². The fourth-order valence-electron chi connectivity index (χ4n) is 4.13. The standard InChI is InChI=1S/C28H25N5O4S/c1-31(2)28(36)32-15-22(21-11-10-20(13-23(21)32)37-16-18-7-4-3-5-8-18)25(34)24-17-38-26(33(24)27(29)35)19-9-6-12-30-14-19/h3-15,17,34H,16H2,1-2H3,(H2,29,35). The average Bonchev–Trinajstić information content (AvgIpc) is 3.54. The molecule has 0 saturated carbocycles. The molecule has 192 valence electrons. The number of hydrogen-bond donors (Lipinski definition) is 2. The van der Waals surface area contributed by atoms with Gasteiger partial charge in [-0.1, -0.05) is 48.5 Å². The second-order valence-corrected chi connectivity index (χ2v) is 9.59. The number of rotatable bonds is 6. The molecule has 0 bridgehead atoms. The van der Waals surface area contributed by atoms with Gasteiger partial charge in [0.2, 0.25) is 0 Å². The summed E-state index contributed by atoms with van der Waals surface area (Å²) >= 11 is 1.25. The first-order valence-electron chi connectivity index (χ1n) is 11.7. The van der Waals surface area contributed by atoms with Crippen LogP contribution in [0.3, 0.4) is 0 Å². The van der Waals surface area contributed by atoms with Gasteiger partial charge in [-0.05, 0) is 23.9 Å². The summed E-state index contributed by atoms with van der Waals surface area (Å²) in [6.45, 7) is 0.365. The highest BCUT2D eigenvalue weighted by Gasteiger charge is 2.29. The summed E-state index contributed by atoms with van der Waals surface area (Å²) in [5.41, 5.74) is 8.54. The summed E-state index contributed by atoms with van der Waals surface area (Å²) in [4.78, 5) is 31.1. The number of carbonyl (C=O) groups is 2. The van der Waals surface area contributed by atoms with Gasteiger partial charge in [0.15, 0.2) is 16.7 Å². The maximum atomic E-state index is 13.1. The summed E-state index contributed by atoms with van der Waals surface area (Å²) in [6.07, 6.45) is 4.61. The maximum Gasteiger partial charge on any atom is 0.442 e. The van der Waals surface area contributed by atoms with Gasteiger partial charge in [0.1, 0.15) is 6.61 Å². The van der Waals surface area contributed by atoms with E-state index >= 15 is 0 Å². The molecule has 38 heavy (non-hydrogen) atoms. The molecule has 0 spiro atoms. The molecule has 3 N–H and O–H groups in total. The van der Waals surface area contributed by atoms with E-state index in [1.165, 1.54) is 25.4 Å². The lowest BCUT2D eigenvalue weighted by Crippen LogP contribution is -2.51. The zero-order valence-corrected chi connectivity index (χ0v) is 21.6. The molecule has 0 aliphatic rings. The fourth-order valence-corrected chi connectivity index (χ4v) is 5.12. The number of amides is 2. The number of pyridine rings is 1. The summed E-state index contributed by atoms with van der Waals surface area (Å²) in [5, 5.41) is 14.2. The highest BCUT2D eigenvalue weighted by atomic mass is 32.1. The highest BCUT2D eigenvalue weighted by molar-refractivity contribution is 7.12. The van der Waals surface area contributed by atoms with Crippen LogP contribution in [0.15, 0.2) is 84.6 Å². The summed E-state index contributed by atoms with van der Waals surface area (Å²) in [6, 6.07) is 17.6. The van der Waals surface area contributed by atoms with Crippen molar-refractivity contribution in [2.75, 3.05) is 14.1 Å². The lowest BCUT2D eigenvalue weighted by molar-refractivity contribution is -0.561. The number of nitrogens with two attached hydrogens (primary N) is 1. The molecule has 0 atom stereocenters. The van der Waals surface area contributed by atoms with Crippen LogP contribution in [0.2, 0.25) is 0 Å². The molecule has 2 aromatic carbocycles. The first kappa shape index (κ1) is 25.0. The molecule has 10 heteroatoms. The van der Waals surface area contributed by atoms with E-state index in [4.69, 9.17) is 10.5 Å². The van der Waals surface area contributed by atoms with Crippen molar-refractivity contribution < 1.29 is 28.6 Å². The molecule has 5 rings (SSSR count). The molecular formula is C28H25N5O4S. The highest BCUT2D eigenvalue weighted by Crippen LogP contribution is 2.32. The van der Waals surface area contributed by atoms with Gasteiger partial charge < -0.3 is 9.84 Å². The summed E-state index contributed by atoms with van der Waals surface area (Å²) in [7, 11) is 3.29. The Morgan fingerprint density at radius 1 is 1.16 bits per heavy atom. The number of hydrogen-bond acceptors (Lipinski definition) is 5. The smallest absolute Gasteiger partial charge is 0.442 e. The third-order valence-corrected chi connectivity index (χ3v) is 6.95. The van der Waals surface area contributed by atoms with Crippen molar-refractivity contribution in [3.05, 3.63) is 108 Å². The first-order chi connectivity index (χ1) is 18.3. The lowest BCUT2D eigenvalue weighted by atomic mass is 10.1. The molecule has 2 amide bonds. The van der Waals surface area contributed by atoms with Gasteiger partial charge in [0, 0.05) is 23.5 Å². The molecule has 0 aliphatic heterocycles. The number of aromatic nitrogens is 3. The van der Waals surface area contributed by atoms with E-state index in [0.717, 1.165) is 5.56 Å². The van der Waals surface area contributed by atoms with Gasteiger partial charge in [-0.15, -0.1) is 17.0 Å². The Labute approximate surface area is 223 Å². The van der Waals surface area contributed by atoms with Gasteiger partial charge in [-0.2, -0.15) is 4.57 Å². The van der Waals surface area contributed by atoms with Gasteiger partial charge in [-0.25, -0.2) is 9.59 Å². The van der Waals surface area contributed by atoms with Crippen LogP contribution in [0.1, 0.15) is 16.8 Å². The molecule has 3 aromatic heterocycles. The molecule has 0 radical (unpaired) electrons. The Balaban J connectivity index is 1.58. The van der Waals surface area contributed by atoms with Crippen molar-refractivity contribution in [2.24, 2.45) is 5.73 Å². The number of fused-ring (bicyclic) bond motifs is 1. The number of thiazole rings is 1. The SMILES string of the molecule is CN(C)C(=O)[n+]1cc([C-](O)c2c[s+][c-](-c3cccnc3)[n+]2C(N)=O)c2ccc(OCc3ccccc3)c[c-]21. The zero-order chi connectivity index (χ0) is 26.8. The van der Waals surface area contributed by atoms with E-state index in [-0.39, 0.29) is 17.8 Å². The van der Waals surface area contributed by atoms with Crippen LogP contribution >= 0.6 is 11.3 Å². The number of aliphatic hydroxyl groups is 1. The second kappa shape index (κ2) is 10.4. The average molecular weight is 528 g/mol. The van der Waals surface area contributed by atoms with Gasteiger partial charge in [0.25, 0.3) is 0 Å². The number of aliphatic hydroxyl groups excluding tert-OH is 1. The van der Waals surface area contributed by atoms with Crippen LogP contribution in [-0.4, -0.2) is 41.1 Å². The van der Waals surface area contributed by atoms with Crippen molar-refractivity contribution in [2.45, 2.75) is 6.61 Å². The van der Waals surface area contributed by atoms with Crippen LogP contribution in [0.25, 0.3) is 21.5 Å². The number of ether oxygens (including phenoxy) is 1. The second-order valence-electron chi connectivity index (χ2n) is 8.73. The predicted molar refractivity (Wildman–Crippen MR) is 141 cm³/mol. The van der Waals surface area contributed by atoms with E-state index in [2.05, 4.69) is 4.98 Å². The van der Waals surface area contributed by atoms with Crippen molar-refractivity contribution in [3.63, 3.8) is 0 Å². The Bertz CT molecular complexity index is 1610. The monoisotopic (exact) mass is 527 g/mol. The van der Waals surface area contributed by atoms with Crippen molar-refractivity contribution in [1.82, 2.24) is 9.88 Å². The minimum absolute atomic E-state index is 0.191. The molecule has 0 saturated heterocycles. The van der Waals surface area contributed by atoms with Crippen LogP contribution < -0.4 is 19.6 Å².